The molecule has 3 N–H and O–H groups in total. The van der Waals surface area contributed by atoms with Gasteiger partial charge in [0.2, 0.25) is 0 Å². The molecule has 0 saturated heterocycles. The molecular formula is C75H146O17P2. The third-order valence-electron chi connectivity index (χ3n) is 17.4. The number of phosphoric acid groups is 2. The largest absolute Gasteiger partial charge is 0.472 e. The average molecular weight is 1380 g/mol. The third-order valence-corrected chi connectivity index (χ3v) is 19.3. The SMILES string of the molecule is CCCCCCCCCCCCC(=O)OC[C@H](COP(=O)(O)OC[C@H](O)COP(=O)(O)OC[C@@H](COC(=O)CCCCCCCCCCCCC(C)C)OC(=O)CCCCCCCCCCCCCCCCCCCCC(C)C)OC(=O)CCCCCCCCCC(C)C. The van der Waals surface area contributed by atoms with Gasteiger partial charge in [-0.05, 0) is 43.4 Å². The maximum absolute atomic E-state index is 13.1. The minimum absolute atomic E-state index is 0.103. The van der Waals surface area contributed by atoms with E-state index >= 15 is 0 Å². The Labute approximate surface area is 575 Å². The van der Waals surface area contributed by atoms with Crippen LogP contribution in [0.25, 0.3) is 0 Å². The Morgan fingerprint density at radius 1 is 0.287 bits per heavy atom. The van der Waals surface area contributed by atoms with Crippen LogP contribution in [0.3, 0.4) is 0 Å². The van der Waals surface area contributed by atoms with E-state index in [1.54, 1.807) is 0 Å². The van der Waals surface area contributed by atoms with E-state index in [-0.39, 0.29) is 25.7 Å². The Morgan fingerprint density at radius 2 is 0.489 bits per heavy atom. The molecule has 0 aromatic carbocycles. The standard InChI is InChI=1S/C75H146O17P2/c1-8-9-10-11-12-13-28-35-42-49-56-72(77)85-63-71(92-75(80)59-52-45-38-31-34-41-48-55-68(6)7)65-90-94(83,84)88-61-69(76)60-87-93(81,82)89-64-70(62-86-73(78)57-50-43-36-29-25-24-27-33-40-47-54-67(4)5)91-74(79)58-51-44-37-30-23-21-19-17-15-14-16-18-20-22-26-32-39-46-53-66(2)3/h66-71,76H,8-65H2,1-7H3,(H,81,82)(H,83,84)/t69-,70-,71-/m1/s1. The first-order valence-corrected chi connectivity index (χ1v) is 41.8. The van der Waals surface area contributed by atoms with Crippen molar-refractivity contribution in [3.05, 3.63) is 0 Å². The number of phosphoric ester groups is 2. The number of ether oxygens (including phenoxy) is 4. The molecule has 0 rings (SSSR count). The highest BCUT2D eigenvalue weighted by atomic mass is 31.2. The van der Waals surface area contributed by atoms with E-state index in [2.05, 4.69) is 48.5 Å². The third kappa shape index (κ3) is 68.6. The summed E-state index contributed by atoms with van der Waals surface area (Å²) in [7, 11) is -9.91. The van der Waals surface area contributed by atoms with Crippen molar-refractivity contribution in [3.63, 3.8) is 0 Å². The van der Waals surface area contributed by atoms with Crippen molar-refractivity contribution in [2.75, 3.05) is 39.6 Å². The van der Waals surface area contributed by atoms with Crippen LogP contribution in [0, 0.1) is 17.8 Å². The van der Waals surface area contributed by atoms with Crippen molar-refractivity contribution in [1.82, 2.24) is 0 Å². The Bertz CT molecular complexity index is 1840. The zero-order valence-electron chi connectivity index (χ0n) is 61.4. The normalized spacial score (nSPS) is 14.1. The molecule has 0 heterocycles. The number of hydrogen-bond acceptors (Lipinski definition) is 15. The highest BCUT2D eigenvalue weighted by molar-refractivity contribution is 7.47. The van der Waals surface area contributed by atoms with Crippen molar-refractivity contribution < 1.29 is 80.2 Å². The number of carbonyl (C=O) groups excluding carboxylic acids is 4. The van der Waals surface area contributed by atoms with Crippen LogP contribution in [-0.4, -0.2) is 96.7 Å². The molecule has 0 spiro atoms. The van der Waals surface area contributed by atoms with E-state index in [0.717, 1.165) is 102 Å². The van der Waals surface area contributed by atoms with Crippen molar-refractivity contribution in [1.29, 1.82) is 0 Å². The molecule has 558 valence electrons. The van der Waals surface area contributed by atoms with Crippen LogP contribution in [-0.2, 0) is 65.4 Å². The first-order chi connectivity index (χ1) is 45.2. The second kappa shape index (κ2) is 65.7. The van der Waals surface area contributed by atoms with E-state index in [1.807, 2.05) is 0 Å². The van der Waals surface area contributed by atoms with Crippen LogP contribution >= 0.6 is 15.6 Å². The summed E-state index contributed by atoms with van der Waals surface area (Å²) in [6, 6.07) is 0. The molecule has 2 unspecified atom stereocenters. The molecule has 0 fully saturated rings. The molecule has 0 aliphatic rings. The number of esters is 4. The molecule has 19 heteroatoms. The number of carbonyl (C=O) groups is 4. The van der Waals surface area contributed by atoms with Gasteiger partial charge in [0.15, 0.2) is 12.2 Å². The highest BCUT2D eigenvalue weighted by Crippen LogP contribution is 2.45. The Hall–Kier alpha value is -1.94. The maximum Gasteiger partial charge on any atom is 0.472 e. The van der Waals surface area contributed by atoms with E-state index in [1.165, 1.54) is 193 Å². The van der Waals surface area contributed by atoms with Gasteiger partial charge in [0.1, 0.15) is 19.3 Å². The van der Waals surface area contributed by atoms with Gasteiger partial charge in [0.05, 0.1) is 26.4 Å². The summed E-state index contributed by atoms with van der Waals surface area (Å²) < 4.78 is 68.4. The summed E-state index contributed by atoms with van der Waals surface area (Å²) in [6.45, 7) is 11.8. The van der Waals surface area contributed by atoms with Gasteiger partial charge in [0.25, 0.3) is 0 Å². The molecule has 17 nitrogen and oxygen atoms in total. The molecule has 0 aliphatic heterocycles. The zero-order valence-corrected chi connectivity index (χ0v) is 63.2. The van der Waals surface area contributed by atoms with E-state index in [4.69, 9.17) is 37.0 Å². The monoisotopic (exact) mass is 1380 g/mol. The summed E-state index contributed by atoms with van der Waals surface area (Å²) in [5.74, 6) is 0.152. The van der Waals surface area contributed by atoms with Crippen LogP contribution in [0.4, 0.5) is 0 Å². The fraction of sp³-hybridized carbons (Fsp3) is 0.947. The zero-order chi connectivity index (χ0) is 69.4. The summed E-state index contributed by atoms with van der Waals surface area (Å²) in [5.41, 5.74) is 0. The van der Waals surface area contributed by atoms with Gasteiger partial charge in [-0.15, -0.1) is 0 Å². The van der Waals surface area contributed by atoms with Crippen molar-refractivity contribution in [2.45, 2.75) is 401 Å². The maximum atomic E-state index is 13.1. The number of rotatable bonds is 73. The van der Waals surface area contributed by atoms with Crippen molar-refractivity contribution >= 4 is 39.5 Å². The fourth-order valence-electron chi connectivity index (χ4n) is 11.4. The Morgan fingerprint density at radius 3 is 0.723 bits per heavy atom. The lowest BCUT2D eigenvalue weighted by Crippen LogP contribution is -2.30. The molecular weight excluding hydrogens is 1230 g/mol. The summed E-state index contributed by atoms with van der Waals surface area (Å²) in [6.07, 6.45) is 51.5. The minimum Gasteiger partial charge on any atom is -0.462 e. The van der Waals surface area contributed by atoms with Crippen LogP contribution in [0.1, 0.15) is 382 Å². The molecule has 0 aromatic rings. The number of unbranched alkanes of at least 4 members (excludes halogenated alkanes) is 41. The molecule has 0 amide bonds. The lowest BCUT2D eigenvalue weighted by molar-refractivity contribution is -0.161. The van der Waals surface area contributed by atoms with Crippen molar-refractivity contribution in [2.24, 2.45) is 17.8 Å². The van der Waals surface area contributed by atoms with E-state index in [9.17, 15) is 43.2 Å². The molecule has 0 bridgehead atoms. The van der Waals surface area contributed by atoms with Gasteiger partial charge in [-0.3, -0.25) is 37.3 Å². The first kappa shape index (κ1) is 92.1. The van der Waals surface area contributed by atoms with Gasteiger partial charge in [-0.1, -0.05) is 331 Å². The van der Waals surface area contributed by atoms with Gasteiger partial charge in [-0.2, -0.15) is 0 Å². The quantitative estimate of drug-likeness (QED) is 0.0222. The minimum atomic E-state index is -4.96. The first-order valence-electron chi connectivity index (χ1n) is 38.8. The fourth-order valence-corrected chi connectivity index (χ4v) is 13.0. The van der Waals surface area contributed by atoms with Crippen LogP contribution in [0.15, 0.2) is 0 Å². The Balaban J connectivity index is 5.19. The van der Waals surface area contributed by atoms with E-state index in [0.29, 0.717) is 31.6 Å². The molecule has 0 aromatic heterocycles. The lowest BCUT2D eigenvalue weighted by Gasteiger charge is -2.21. The molecule has 94 heavy (non-hydrogen) atoms. The number of aliphatic hydroxyl groups is 1. The van der Waals surface area contributed by atoms with Crippen LogP contribution in [0.5, 0.6) is 0 Å². The second-order valence-electron chi connectivity index (χ2n) is 28.5. The van der Waals surface area contributed by atoms with Gasteiger partial charge in [-0.25, -0.2) is 9.13 Å². The average Bonchev–Trinajstić information content (AvgIpc) is 1.20. The van der Waals surface area contributed by atoms with Gasteiger partial charge >= 0.3 is 39.5 Å². The second-order valence-corrected chi connectivity index (χ2v) is 31.4. The van der Waals surface area contributed by atoms with Crippen LogP contribution in [0.2, 0.25) is 0 Å². The van der Waals surface area contributed by atoms with Crippen LogP contribution < -0.4 is 0 Å². The Kier molecular flexibility index (Phi) is 64.3. The van der Waals surface area contributed by atoms with Gasteiger partial charge < -0.3 is 33.8 Å². The highest BCUT2D eigenvalue weighted by Gasteiger charge is 2.30. The van der Waals surface area contributed by atoms with E-state index < -0.39 is 97.5 Å². The summed E-state index contributed by atoms with van der Waals surface area (Å²) >= 11 is 0. The lowest BCUT2D eigenvalue weighted by atomic mass is 10.0. The predicted molar refractivity (Wildman–Crippen MR) is 381 cm³/mol. The number of aliphatic hydroxyl groups excluding tert-OH is 1. The number of hydrogen-bond donors (Lipinski definition) is 3. The molecule has 5 atom stereocenters. The molecule has 0 radical (unpaired) electrons. The smallest absolute Gasteiger partial charge is 0.462 e. The topological polar surface area (TPSA) is 237 Å². The summed E-state index contributed by atoms with van der Waals surface area (Å²) in [4.78, 5) is 72.7. The molecule has 0 aliphatic carbocycles. The van der Waals surface area contributed by atoms with Gasteiger partial charge in [0, 0.05) is 25.7 Å². The summed E-state index contributed by atoms with van der Waals surface area (Å²) in [5, 5.41) is 10.6. The van der Waals surface area contributed by atoms with Crippen molar-refractivity contribution in [3.8, 4) is 0 Å². The predicted octanol–water partition coefficient (Wildman–Crippen LogP) is 21.8. The molecule has 0 saturated carbocycles.